The SMILES string of the molecule is Cc1c(C(=O)C2C(=O)CC(CI)OC2=O)ccc(S(C)(=O)=O)c1C. The monoisotopic (exact) mass is 464 g/mol. The van der Waals surface area contributed by atoms with Crippen LogP contribution in [0.2, 0.25) is 0 Å². The van der Waals surface area contributed by atoms with Gasteiger partial charge in [0.2, 0.25) is 0 Å². The van der Waals surface area contributed by atoms with Crippen molar-refractivity contribution in [3.8, 4) is 0 Å². The first kappa shape index (κ1) is 19.0. The zero-order valence-corrected chi connectivity index (χ0v) is 16.4. The predicted molar refractivity (Wildman–Crippen MR) is 95.2 cm³/mol. The highest BCUT2D eigenvalue weighted by Crippen LogP contribution is 2.27. The Morgan fingerprint density at radius 3 is 2.38 bits per heavy atom. The van der Waals surface area contributed by atoms with E-state index in [1.54, 1.807) is 13.8 Å². The summed E-state index contributed by atoms with van der Waals surface area (Å²) in [4.78, 5) is 37.0. The largest absolute Gasteiger partial charge is 0.460 e. The third-order valence-corrected chi connectivity index (χ3v) is 6.33. The van der Waals surface area contributed by atoms with E-state index in [1.807, 2.05) is 22.6 Å². The van der Waals surface area contributed by atoms with Crippen molar-refractivity contribution in [2.75, 3.05) is 10.7 Å². The molecule has 2 rings (SSSR count). The second-order valence-electron chi connectivity index (χ2n) is 5.81. The molecule has 0 spiro atoms. The number of alkyl halides is 1. The highest BCUT2D eigenvalue weighted by molar-refractivity contribution is 14.1. The molecule has 0 aromatic heterocycles. The summed E-state index contributed by atoms with van der Waals surface area (Å²) in [5, 5.41) is 0. The van der Waals surface area contributed by atoms with E-state index in [2.05, 4.69) is 0 Å². The van der Waals surface area contributed by atoms with Crippen molar-refractivity contribution in [1.29, 1.82) is 0 Å². The number of ether oxygens (including phenoxy) is 1. The first-order valence-electron chi connectivity index (χ1n) is 7.21. The van der Waals surface area contributed by atoms with Crippen molar-refractivity contribution in [1.82, 2.24) is 0 Å². The number of ketones is 2. The number of carbonyl (C=O) groups excluding carboxylic acids is 3. The Morgan fingerprint density at radius 1 is 1.25 bits per heavy atom. The van der Waals surface area contributed by atoms with Gasteiger partial charge in [0.15, 0.2) is 27.3 Å². The lowest BCUT2D eigenvalue weighted by Crippen LogP contribution is -2.43. The Morgan fingerprint density at radius 2 is 1.88 bits per heavy atom. The maximum atomic E-state index is 12.7. The smallest absolute Gasteiger partial charge is 0.324 e. The Labute approximate surface area is 154 Å². The van der Waals surface area contributed by atoms with Gasteiger partial charge in [-0.2, -0.15) is 0 Å². The zero-order chi connectivity index (χ0) is 18.2. The van der Waals surface area contributed by atoms with Crippen LogP contribution in [0.25, 0.3) is 0 Å². The molecule has 130 valence electrons. The fourth-order valence-corrected chi connectivity index (χ4v) is 4.22. The molecule has 2 atom stereocenters. The molecule has 2 unspecified atom stereocenters. The molecular weight excluding hydrogens is 447 g/mol. The first-order chi connectivity index (χ1) is 11.1. The van der Waals surface area contributed by atoms with Crippen molar-refractivity contribution in [3.63, 3.8) is 0 Å². The standard InChI is InChI=1S/C16H17IO6S/c1-8-9(2)13(24(3,21)22)5-4-11(8)15(19)14-12(18)6-10(7-17)23-16(14)20/h4-5,10,14H,6-7H2,1-3H3. The number of sulfone groups is 1. The summed E-state index contributed by atoms with van der Waals surface area (Å²) in [5.41, 5.74) is 1.05. The topological polar surface area (TPSA) is 94.6 Å². The van der Waals surface area contributed by atoms with Crippen molar-refractivity contribution < 1.29 is 27.5 Å². The van der Waals surface area contributed by atoms with Crippen LogP contribution in [0.3, 0.4) is 0 Å². The summed E-state index contributed by atoms with van der Waals surface area (Å²) >= 11 is 2.01. The van der Waals surface area contributed by atoms with Crippen LogP contribution in [0.1, 0.15) is 27.9 Å². The van der Waals surface area contributed by atoms with E-state index in [1.165, 1.54) is 12.1 Å². The molecule has 6 nitrogen and oxygen atoms in total. The van der Waals surface area contributed by atoms with Gasteiger partial charge in [-0.1, -0.05) is 22.6 Å². The Balaban J connectivity index is 2.43. The van der Waals surface area contributed by atoms with Crippen LogP contribution in [-0.4, -0.2) is 42.7 Å². The number of rotatable bonds is 4. The van der Waals surface area contributed by atoms with Gasteiger partial charge in [0.05, 0.1) is 4.90 Å². The average molecular weight is 464 g/mol. The molecule has 1 aromatic carbocycles. The molecule has 0 amide bonds. The minimum atomic E-state index is -3.43. The predicted octanol–water partition coefficient (Wildman–Crippen LogP) is 1.83. The van der Waals surface area contributed by atoms with Gasteiger partial charge >= 0.3 is 5.97 Å². The van der Waals surface area contributed by atoms with Crippen LogP contribution in [0, 0.1) is 19.8 Å². The average Bonchev–Trinajstić information content (AvgIpc) is 2.47. The lowest BCUT2D eigenvalue weighted by Gasteiger charge is -2.25. The van der Waals surface area contributed by atoms with Crippen molar-refractivity contribution in [3.05, 3.63) is 28.8 Å². The van der Waals surface area contributed by atoms with Crippen molar-refractivity contribution in [2.45, 2.75) is 31.3 Å². The van der Waals surface area contributed by atoms with Crippen LogP contribution in [-0.2, 0) is 24.2 Å². The van der Waals surface area contributed by atoms with Crippen LogP contribution >= 0.6 is 22.6 Å². The summed E-state index contributed by atoms with van der Waals surface area (Å²) in [6.07, 6.45) is 0.609. The van der Waals surface area contributed by atoms with E-state index in [0.717, 1.165) is 6.26 Å². The Hall–Kier alpha value is -1.29. The van der Waals surface area contributed by atoms with E-state index in [0.29, 0.717) is 15.6 Å². The molecule has 1 fully saturated rings. The molecular formula is C16H17IO6S. The van der Waals surface area contributed by atoms with E-state index in [-0.39, 0.29) is 16.9 Å². The van der Waals surface area contributed by atoms with E-state index in [9.17, 15) is 22.8 Å². The van der Waals surface area contributed by atoms with Crippen LogP contribution in [0.4, 0.5) is 0 Å². The maximum Gasteiger partial charge on any atom is 0.324 e. The number of carbonyl (C=O) groups is 3. The molecule has 8 heteroatoms. The van der Waals surface area contributed by atoms with Gasteiger partial charge in [-0.15, -0.1) is 0 Å². The summed E-state index contributed by atoms with van der Waals surface area (Å²) in [6.45, 7) is 3.19. The highest BCUT2D eigenvalue weighted by atomic mass is 127. The normalized spacial score (nSPS) is 21.5. The number of esters is 1. The molecule has 0 N–H and O–H groups in total. The summed E-state index contributed by atoms with van der Waals surface area (Å²) in [6, 6.07) is 2.68. The van der Waals surface area contributed by atoms with Gasteiger partial charge < -0.3 is 4.74 Å². The van der Waals surface area contributed by atoms with Crippen LogP contribution < -0.4 is 0 Å². The molecule has 1 heterocycles. The number of halogens is 1. The summed E-state index contributed by atoms with van der Waals surface area (Å²) in [5.74, 6) is -3.40. The van der Waals surface area contributed by atoms with E-state index >= 15 is 0 Å². The highest BCUT2D eigenvalue weighted by Gasteiger charge is 2.42. The Kier molecular flexibility index (Phi) is 5.48. The number of hydrogen-bond donors (Lipinski definition) is 0. The molecule has 0 aliphatic carbocycles. The number of hydrogen-bond acceptors (Lipinski definition) is 6. The first-order valence-corrected chi connectivity index (χ1v) is 10.6. The molecule has 1 aliphatic heterocycles. The van der Waals surface area contributed by atoms with Gasteiger partial charge in [0.25, 0.3) is 0 Å². The third-order valence-electron chi connectivity index (χ3n) is 4.11. The lowest BCUT2D eigenvalue weighted by molar-refractivity contribution is -0.160. The quantitative estimate of drug-likeness (QED) is 0.222. The zero-order valence-electron chi connectivity index (χ0n) is 13.5. The van der Waals surface area contributed by atoms with Gasteiger partial charge in [-0.25, -0.2) is 8.42 Å². The second-order valence-corrected chi connectivity index (χ2v) is 8.68. The maximum absolute atomic E-state index is 12.7. The molecule has 0 saturated carbocycles. The third kappa shape index (κ3) is 3.53. The van der Waals surface area contributed by atoms with Crippen molar-refractivity contribution in [2.24, 2.45) is 5.92 Å². The molecule has 1 saturated heterocycles. The van der Waals surface area contributed by atoms with Crippen LogP contribution in [0.5, 0.6) is 0 Å². The number of benzene rings is 1. The lowest BCUT2D eigenvalue weighted by atomic mass is 9.86. The van der Waals surface area contributed by atoms with E-state index in [4.69, 9.17) is 4.74 Å². The van der Waals surface area contributed by atoms with Gasteiger partial charge in [-0.3, -0.25) is 14.4 Å². The number of Topliss-reactive ketones (excluding diaryl/α,β-unsaturated/α-hetero) is 2. The minimum absolute atomic E-state index is 0.0184. The van der Waals surface area contributed by atoms with Crippen LogP contribution in [0.15, 0.2) is 17.0 Å². The molecule has 1 aromatic rings. The van der Waals surface area contributed by atoms with Gasteiger partial charge in [0.1, 0.15) is 6.10 Å². The summed E-state index contributed by atoms with van der Waals surface area (Å²) in [7, 11) is -3.43. The molecule has 1 aliphatic rings. The van der Waals surface area contributed by atoms with Gasteiger partial charge in [0, 0.05) is 22.7 Å². The minimum Gasteiger partial charge on any atom is -0.460 e. The number of cyclic esters (lactones) is 1. The Bertz CT molecular complexity index is 809. The molecule has 24 heavy (non-hydrogen) atoms. The van der Waals surface area contributed by atoms with Gasteiger partial charge in [-0.05, 0) is 37.1 Å². The fraction of sp³-hybridized carbons (Fsp3) is 0.438. The second kappa shape index (κ2) is 6.91. The molecule has 0 radical (unpaired) electrons. The fourth-order valence-electron chi connectivity index (χ4n) is 2.71. The summed E-state index contributed by atoms with van der Waals surface area (Å²) < 4.78 is 29.1. The molecule has 0 bridgehead atoms. The van der Waals surface area contributed by atoms with E-state index < -0.39 is 39.4 Å². The van der Waals surface area contributed by atoms with Crippen molar-refractivity contribution >= 4 is 50.0 Å².